The van der Waals surface area contributed by atoms with E-state index in [0.29, 0.717) is 6.42 Å². The number of carbonyl (C=O) groups is 2. The Balaban J connectivity index is 2.18. The van der Waals surface area contributed by atoms with Crippen molar-refractivity contribution in [3.05, 3.63) is 0 Å². The van der Waals surface area contributed by atoms with Gasteiger partial charge in [0.2, 0.25) is 0 Å². The molecule has 14 heteroatoms. The maximum absolute atomic E-state index is 14.1. The van der Waals surface area contributed by atoms with E-state index >= 15 is 0 Å². The smallest absolute Gasteiger partial charge is 0.311 e. The van der Waals surface area contributed by atoms with Crippen LogP contribution in [0.3, 0.4) is 0 Å². The van der Waals surface area contributed by atoms with Gasteiger partial charge in [0, 0.05) is 37.3 Å². The Morgan fingerprint density at radius 3 is 2.04 bits per heavy atom. The summed E-state index contributed by atoms with van der Waals surface area (Å²) in [7, 11) is 5.18. The summed E-state index contributed by atoms with van der Waals surface area (Å²) in [4.78, 5) is 29.8. The standard InChI is InChI=1S/C37H67NO13/c1-14-25-37(10,45)30(41)20(4)27(39)18(2)16-35(8,44)32(51-34-28(40)24(38(11)12)15-19(3)47-34)21(5)29(22(6)33(43)49-25)50-26-17-36(9,46-13)31(42)23(7)48-26/h18-26,28-32,34,40-42,44-45H,14-17H2,1-13H3/t18-,19-,20+,21+,22-,23+,24+,25-,26+,28-,29+,30-,31+,32-,34+,35?,36-,37-/m1/s1. The van der Waals surface area contributed by atoms with Crippen molar-refractivity contribution >= 4 is 11.8 Å². The fraction of sp³-hybridized carbons (Fsp3) is 0.946. The van der Waals surface area contributed by atoms with Crippen molar-refractivity contribution in [2.75, 3.05) is 21.2 Å². The molecule has 3 rings (SSSR count). The first-order valence-corrected chi connectivity index (χ1v) is 18.5. The number of hydrogen-bond donors (Lipinski definition) is 5. The van der Waals surface area contributed by atoms with Crippen molar-refractivity contribution < 1.29 is 63.5 Å². The van der Waals surface area contributed by atoms with Crippen molar-refractivity contribution in [1.82, 2.24) is 4.90 Å². The topological polar surface area (TPSA) is 194 Å². The van der Waals surface area contributed by atoms with Gasteiger partial charge in [0.15, 0.2) is 12.6 Å². The summed E-state index contributed by atoms with van der Waals surface area (Å²) < 4.78 is 37.1. The van der Waals surface area contributed by atoms with Gasteiger partial charge in [-0.05, 0) is 74.9 Å². The zero-order valence-electron chi connectivity index (χ0n) is 32.9. The molecule has 3 heterocycles. The molecule has 0 saturated carbocycles. The first kappa shape index (κ1) is 44.1. The van der Waals surface area contributed by atoms with Crippen LogP contribution in [0.1, 0.15) is 94.9 Å². The molecule has 3 aliphatic rings. The fourth-order valence-corrected chi connectivity index (χ4v) is 8.41. The van der Waals surface area contributed by atoms with Crippen LogP contribution >= 0.6 is 0 Å². The van der Waals surface area contributed by atoms with E-state index in [1.807, 2.05) is 25.9 Å². The Hall–Kier alpha value is -1.30. The molecular weight excluding hydrogens is 666 g/mol. The molecule has 0 radical (unpaired) electrons. The molecule has 51 heavy (non-hydrogen) atoms. The Bertz CT molecular complexity index is 1170. The number of ether oxygens (including phenoxy) is 6. The maximum atomic E-state index is 14.1. The summed E-state index contributed by atoms with van der Waals surface area (Å²) in [6, 6.07) is -0.324. The van der Waals surface area contributed by atoms with Crippen molar-refractivity contribution in [2.45, 2.75) is 179 Å². The number of likely N-dealkylation sites (N-methyl/N-ethyl adjacent to an activating group) is 1. The summed E-state index contributed by atoms with van der Waals surface area (Å²) in [5.74, 6) is -4.98. The van der Waals surface area contributed by atoms with E-state index in [1.54, 1.807) is 41.5 Å². The second-order valence-corrected chi connectivity index (χ2v) is 16.5. The van der Waals surface area contributed by atoms with Crippen molar-refractivity contribution in [3.63, 3.8) is 0 Å². The van der Waals surface area contributed by atoms with Gasteiger partial charge in [-0.15, -0.1) is 0 Å². The number of esters is 1. The number of cyclic esters (lactones) is 1. The Morgan fingerprint density at radius 2 is 1.49 bits per heavy atom. The van der Waals surface area contributed by atoms with Crippen LogP contribution in [0.5, 0.6) is 0 Å². The molecule has 0 bridgehead atoms. The van der Waals surface area contributed by atoms with Gasteiger partial charge < -0.3 is 58.9 Å². The van der Waals surface area contributed by atoms with Gasteiger partial charge in [-0.2, -0.15) is 0 Å². The van der Waals surface area contributed by atoms with Crippen LogP contribution in [0, 0.1) is 23.7 Å². The minimum atomic E-state index is -1.99. The normalized spacial score (nSPS) is 49.7. The first-order valence-electron chi connectivity index (χ1n) is 18.5. The number of methoxy groups -OCH3 is 1. The predicted octanol–water partition coefficient (Wildman–Crippen LogP) is 1.79. The highest BCUT2D eigenvalue weighted by atomic mass is 16.7. The van der Waals surface area contributed by atoms with Crippen LogP contribution in [0.2, 0.25) is 0 Å². The molecule has 3 aliphatic heterocycles. The van der Waals surface area contributed by atoms with E-state index in [1.165, 1.54) is 27.9 Å². The van der Waals surface area contributed by atoms with Gasteiger partial charge in [-0.3, -0.25) is 9.59 Å². The largest absolute Gasteiger partial charge is 0.459 e. The van der Waals surface area contributed by atoms with E-state index in [-0.39, 0.29) is 31.4 Å². The van der Waals surface area contributed by atoms with Gasteiger partial charge in [0.05, 0.1) is 47.6 Å². The second-order valence-electron chi connectivity index (χ2n) is 16.5. The molecule has 1 unspecified atom stereocenters. The SMILES string of the molecule is CC[C@H]1OC(=O)[C@H](C)[C@@H](O[C@H]2C[C@@](C)(OC)[C@@H](O)[C@H](C)O2)[C@H](C)[C@@H](O[C@@H]2O[C@H](C)C[C@H](N(C)C)[C@H]2O)C(C)(O)C[C@@H](C)C(=O)[C@H](C)[C@@H](O)[C@]1(C)O. The average Bonchev–Trinajstić information content (AvgIpc) is 3.05. The number of aliphatic hydroxyl groups excluding tert-OH is 3. The fourth-order valence-electron chi connectivity index (χ4n) is 8.41. The summed E-state index contributed by atoms with van der Waals surface area (Å²) in [5.41, 5.74) is -4.84. The quantitative estimate of drug-likeness (QED) is 0.238. The second kappa shape index (κ2) is 17.0. The minimum absolute atomic E-state index is 0.0936. The number of aliphatic hydroxyl groups is 5. The van der Waals surface area contributed by atoms with Crippen LogP contribution < -0.4 is 0 Å². The van der Waals surface area contributed by atoms with Gasteiger partial charge in [0.25, 0.3) is 0 Å². The Kier molecular flexibility index (Phi) is 14.7. The van der Waals surface area contributed by atoms with E-state index in [9.17, 15) is 35.1 Å². The molecule has 298 valence electrons. The lowest BCUT2D eigenvalue weighted by atomic mass is 9.74. The third-order valence-corrected chi connectivity index (χ3v) is 11.8. The molecule has 0 aromatic carbocycles. The number of ketones is 1. The van der Waals surface area contributed by atoms with E-state index in [0.717, 1.165) is 0 Å². The van der Waals surface area contributed by atoms with Crippen LogP contribution in [0.4, 0.5) is 0 Å². The highest BCUT2D eigenvalue weighted by Gasteiger charge is 2.53. The maximum Gasteiger partial charge on any atom is 0.311 e. The number of Topliss-reactive ketones (excluding diaryl/α,β-unsaturated/α-hetero) is 1. The van der Waals surface area contributed by atoms with Crippen LogP contribution in [-0.2, 0) is 38.0 Å². The molecule has 3 saturated heterocycles. The lowest BCUT2D eigenvalue weighted by molar-refractivity contribution is -0.318. The predicted molar refractivity (Wildman–Crippen MR) is 186 cm³/mol. The molecule has 0 aromatic rings. The van der Waals surface area contributed by atoms with Crippen LogP contribution in [0.15, 0.2) is 0 Å². The number of carbonyl (C=O) groups excluding carboxylic acids is 2. The lowest BCUT2D eigenvalue weighted by Gasteiger charge is -2.49. The average molecular weight is 734 g/mol. The molecule has 0 aliphatic carbocycles. The third kappa shape index (κ3) is 9.51. The summed E-state index contributed by atoms with van der Waals surface area (Å²) in [6.07, 6.45) is -9.71. The monoisotopic (exact) mass is 733 g/mol. The first-order chi connectivity index (χ1) is 23.4. The molecule has 0 amide bonds. The van der Waals surface area contributed by atoms with Crippen molar-refractivity contribution in [3.8, 4) is 0 Å². The van der Waals surface area contributed by atoms with Gasteiger partial charge >= 0.3 is 5.97 Å². The molecule has 0 spiro atoms. The van der Waals surface area contributed by atoms with Crippen LogP contribution in [-0.4, -0.2) is 148 Å². The summed E-state index contributed by atoms with van der Waals surface area (Å²) >= 11 is 0. The Morgan fingerprint density at radius 1 is 0.882 bits per heavy atom. The highest BCUT2D eigenvalue weighted by molar-refractivity contribution is 5.83. The lowest BCUT2D eigenvalue weighted by Crippen LogP contribution is -2.61. The van der Waals surface area contributed by atoms with Gasteiger partial charge in [0.1, 0.15) is 29.7 Å². The number of rotatable bonds is 7. The van der Waals surface area contributed by atoms with Gasteiger partial charge in [-0.1, -0.05) is 27.7 Å². The summed E-state index contributed by atoms with van der Waals surface area (Å²) in [6.45, 7) is 16.3. The third-order valence-electron chi connectivity index (χ3n) is 11.8. The molecule has 3 fully saturated rings. The molecule has 18 atom stereocenters. The highest BCUT2D eigenvalue weighted by Crippen LogP contribution is 2.40. The van der Waals surface area contributed by atoms with Crippen LogP contribution in [0.25, 0.3) is 0 Å². The van der Waals surface area contributed by atoms with Crippen molar-refractivity contribution in [2.24, 2.45) is 23.7 Å². The summed E-state index contributed by atoms with van der Waals surface area (Å²) in [5, 5.41) is 57.6. The minimum Gasteiger partial charge on any atom is -0.459 e. The van der Waals surface area contributed by atoms with E-state index < -0.39 is 108 Å². The Labute approximate surface area is 304 Å². The molecule has 5 N–H and O–H groups in total. The zero-order chi connectivity index (χ0) is 39.0. The van der Waals surface area contributed by atoms with Gasteiger partial charge in [-0.25, -0.2) is 0 Å². The van der Waals surface area contributed by atoms with E-state index in [2.05, 4.69) is 0 Å². The van der Waals surface area contributed by atoms with E-state index in [4.69, 9.17) is 28.4 Å². The molecular formula is C37H67NO13. The molecule has 0 aromatic heterocycles. The zero-order valence-corrected chi connectivity index (χ0v) is 32.9. The van der Waals surface area contributed by atoms with Crippen molar-refractivity contribution in [1.29, 1.82) is 0 Å². The molecule has 14 nitrogen and oxygen atoms in total. The number of nitrogens with zero attached hydrogens (tertiary/aromatic N) is 1. The number of hydrogen-bond acceptors (Lipinski definition) is 14.